The first-order valence-electron chi connectivity index (χ1n) is 6.27. The van der Waals surface area contributed by atoms with Gasteiger partial charge in [0.2, 0.25) is 0 Å². The van der Waals surface area contributed by atoms with E-state index in [2.05, 4.69) is 30.4 Å². The molecule has 1 aromatic carbocycles. The van der Waals surface area contributed by atoms with Gasteiger partial charge in [0.25, 0.3) is 0 Å². The van der Waals surface area contributed by atoms with Gasteiger partial charge in [-0.1, -0.05) is 37.1 Å². The lowest BCUT2D eigenvalue weighted by molar-refractivity contribution is 0.550. The summed E-state index contributed by atoms with van der Waals surface area (Å²) < 4.78 is 0. The molecule has 0 saturated heterocycles. The van der Waals surface area contributed by atoms with Crippen molar-refractivity contribution in [3.8, 4) is 10.4 Å². The van der Waals surface area contributed by atoms with Crippen molar-refractivity contribution < 1.29 is 0 Å². The fourth-order valence-electron chi connectivity index (χ4n) is 2.05. The second-order valence-corrected chi connectivity index (χ2v) is 5.89. The Morgan fingerprint density at radius 2 is 2.11 bits per heavy atom. The van der Waals surface area contributed by atoms with Gasteiger partial charge in [-0.15, -0.1) is 11.3 Å². The van der Waals surface area contributed by atoms with Gasteiger partial charge in [0.15, 0.2) is 0 Å². The highest BCUT2D eigenvalue weighted by atomic mass is 35.5. The van der Waals surface area contributed by atoms with Crippen LogP contribution in [0.1, 0.15) is 30.7 Å². The Balaban J connectivity index is 2.24. The van der Waals surface area contributed by atoms with Crippen LogP contribution < -0.4 is 5.32 Å². The van der Waals surface area contributed by atoms with E-state index in [0.717, 1.165) is 5.02 Å². The smallest absolute Gasteiger partial charge is 0.0412 e. The van der Waals surface area contributed by atoms with E-state index >= 15 is 0 Å². The molecule has 1 atom stereocenters. The molecule has 0 fully saturated rings. The molecule has 96 valence electrons. The first-order valence-corrected chi connectivity index (χ1v) is 7.47. The topological polar surface area (TPSA) is 12.0 Å². The Hall–Kier alpha value is -0.830. The van der Waals surface area contributed by atoms with E-state index in [0.29, 0.717) is 6.04 Å². The number of hydrogen-bond acceptors (Lipinski definition) is 2. The number of hydrogen-bond donors (Lipinski definition) is 1. The minimum atomic E-state index is 0.466. The van der Waals surface area contributed by atoms with Gasteiger partial charge in [-0.25, -0.2) is 0 Å². The zero-order valence-electron chi connectivity index (χ0n) is 10.7. The van der Waals surface area contributed by atoms with E-state index < -0.39 is 0 Å². The molecule has 2 rings (SSSR count). The fraction of sp³-hybridized carbons (Fsp3) is 0.333. The molecular formula is C15H18ClNS. The van der Waals surface area contributed by atoms with Crippen LogP contribution in [0.4, 0.5) is 0 Å². The van der Waals surface area contributed by atoms with Gasteiger partial charge in [-0.2, -0.15) is 0 Å². The van der Waals surface area contributed by atoms with Gasteiger partial charge in [0.1, 0.15) is 0 Å². The van der Waals surface area contributed by atoms with Gasteiger partial charge < -0.3 is 5.32 Å². The number of benzene rings is 1. The predicted molar refractivity (Wildman–Crippen MR) is 81.5 cm³/mol. The summed E-state index contributed by atoms with van der Waals surface area (Å²) in [5, 5.41) is 4.17. The van der Waals surface area contributed by atoms with Crippen LogP contribution in [0.2, 0.25) is 5.02 Å². The van der Waals surface area contributed by atoms with Crippen LogP contribution >= 0.6 is 22.9 Å². The molecule has 1 aromatic heterocycles. The monoisotopic (exact) mass is 279 g/mol. The van der Waals surface area contributed by atoms with Gasteiger partial charge in [0, 0.05) is 20.8 Å². The van der Waals surface area contributed by atoms with Crippen molar-refractivity contribution in [1.82, 2.24) is 5.32 Å². The summed E-state index contributed by atoms with van der Waals surface area (Å²) in [4.78, 5) is 2.68. The van der Waals surface area contributed by atoms with Gasteiger partial charge in [-0.3, -0.25) is 0 Å². The van der Waals surface area contributed by atoms with E-state index in [1.807, 2.05) is 36.6 Å². The first kappa shape index (κ1) is 13.6. The maximum absolute atomic E-state index is 6.03. The molecule has 0 aliphatic heterocycles. The quantitative estimate of drug-likeness (QED) is 0.800. The van der Waals surface area contributed by atoms with Crippen molar-refractivity contribution in [1.29, 1.82) is 0 Å². The van der Waals surface area contributed by atoms with E-state index in [-0.39, 0.29) is 0 Å². The molecule has 0 bridgehead atoms. The molecule has 0 saturated carbocycles. The molecule has 0 spiro atoms. The maximum Gasteiger partial charge on any atom is 0.0412 e. The molecule has 0 amide bonds. The third-order valence-electron chi connectivity index (χ3n) is 3.01. The second-order valence-electron chi connectivity index (χ2n) is 4.34. The molecule has 18 heavy (non-hydrogen) atoms. The molecule has 0 aliphatic carbocycles. The van der Waals surface area contributed by atoms with Crippen LogP contribution in [0, 0.1) is 0 Å². The predicted octanol–water partition coefficient (Wildman–Crippen LogP) is 5.13. The van der Waals surface area contributed by atoms with Gasteiger partial charge in [0.05, 0.1) is 0 Å². The Morgan fingerprint density at radius 3 is 2.78 bits per heavy atom. The summed E-state index contributed by atoms with van der Waals surface area (Å²) in [5.74, 6) is 0. The molecule has 1 N–H and O–H groups in total. The summed E-state index contributed by atoms with van der Waals surface area (Å²) >= 11 is 7.88. The maximum atomic E-state index is 6.03. The summed E-state index contributed by atoms with van der Waals surface area (Å²) in [6, 6.07) is 12.9. The normalized spacial score (nSPS) is 12.6. The SMILES string of the molecule is CCCC(NC)c1ccc(-c2cccc(Cl)c2)s1. The van der Waals surface area contributed by atoms with Crippen molar-refractivity contribution in [3.63, 3.8) is 0 Å². The second kappa shape index (κ2) is 6.37. The highest BCUT2D eigenvalue weighted by Gasteiger charge is 2.11. The lowest BCUT2D eigenvalue weighted by Gasteiger charge is -2.12. The van der Waals surface area contributed by atoms with Crippen molar-refractivity contribution in [2.75, 3.05) is 7.05 Å². The average Bonchev–Trinajstić information content (AvgIpc) is 2.85. The Kier molecular flexibility index (Phi) is 4.81. The number of halogens is 1. The summed E-state index contributed by atoms with van der Waals surface area (Å²) in [5.41, 5.74) is 1.20. The summed E-state index contributed by atoms with van der Waals surface area (Å²) in [6.45, 7) is 2.22. The molecule has 1 heterocycles. The number of nitrogens with one attached hydrogen (secondary N) is 1. The van der Waals surface area contributed by atoms with Crippen molar-refractivity contribution in [2.24, 2.45) is 0 Å². The van der Waals surface area contributed by atoms with Crippen LogP contribution in [-0.4, -0.2) is 7.05 Å². The van der Waals surface area contributed by atoms with Crippen LogP contribution in [-0.2, 0) is 0 Å². The molecule has 3 heteroatoms. The molecule has 0 radical (unpaired) electrons. The first-order chi connectivity index (χ1) is 8.74. The van der Waals surface area contributed by atoms with Crippen molar-refractivity contribution in [2.45, 2.75) is 25.8 Å². The minimum absolute atomic E-state index is 0.466. The van der Waals surface area contributed by atoms with Crippen LogP contribution in [0.25, 0.3) is 10.4 Å². The average molecular weight is 280 g/mol. The van der Waals surface area contributed by atoms with Crippen LogP contribution in [0.3, 0.4) is 0 Å². The van der Waals surface area contributed by atoms with Crippen LogP contribution in [0.5, 0.6) is 0 Å². The lowest BCUT2D eigenvalue weighted by atomic mass is 10.1. The number of rotatable bonds is 5. The summed E-state index contributed by atoms with van der Waals surface area (Å²) in [6.07, 6.45) is 2.36. The summed E-state index contributed by atoms with van der Waals surface area (Å²) in [7, 11) is 2.03. The van der Waals surface area contributed by atoms with Crippen LogP contribution in [0.15, 0.2) is 36.4 Å². The Morgan fingerprint density at radius 1 is 1.28 bits per heavy atom. The molecular weight excluding hydrogens is 262 g/mol. The fourth-order valence-corrected chi connectivity index (χ4v) is 3.39. The van der Waals surface area contributed by atoms with Crippen molar-refractivity contribution >= 4 is 22.9 Å². The highest BCUT2D eigenvalue weighted by molar-refractivity contribution is 7.15. The van der Waals surface area contributed by atoms with Crippen molar-refractivity contribution in [3.05, 3.63) is 46.3 Å². The van der Waals surface area contributed by atoms with E-state index in [1.165, 1.54) is 28.2 Å². The van der Waals surface area contributed by atoms with E-state index in [9.17, 15) is 0 Å². The largest absolute Gasteiger partial charge is 0.312 e. The standard InChI is InChI=1S/C15H18ClNS/c1-3-5-13(17-2)15-9-8-14(18-15)11-6-4-7-12(16)10-11/h4,6-10,13,17H,3,5H2,1-2H3. The zero-order chi connectivity index (χ0) is 13.0. The van der Waals surface area contributed by atoms with E-state index in [4.69, 9.17) is 11.6 Å². The molecule has 0 aliphatic rings. The third kappa shape index (κ3) is 3.14. The Bertz CT molecular complexity index is 507. The Labute approximate surface area is 118 Å². The zero-order valence-corrected chi connectivity index (χ0v) is 12.3. The third-order valence-corrected chi connectivity index (χ3v) is 4.49. The molecule has 1 nitrogen and oxygen atoms in total. The van der Waals surface area contributed by atoms with E-state index in [1.54, 1.807) is 0 Å². The number of thiophene rings is 1. The highest BCUT2D eigenvalue weighted by Crippen LogP contribution is 2.33. The molecule has 2 aromatic rings. The van der Waals surface area contributed by atoms with Gasteiger partial charge in [-0.05, 0) is 43.3 Å². The minimum Gasteiger partial charge on any atom is -0.312 e. The molecule has 1 unspecified atom stereocenters. The lowest BCUT2D eigenvalue weighted by Crippen LogP contribution is -2.14. The van der Waals surface area contributed by atoms with Gasteiger partial charge >= 0.3 is 0 Å².